The van der Waals surface area contributed by atoms with Crippen molar-refractivity contribution in [3.05, 3.63) is 241 Å². The first-order chi connectivity index (χ1) is 64.6. The first-order valence-electron chi connectivity index (χ1n) is 46.4. The highest BCUT2D eigenvalue weighted by atomic mass is 79.9. The number of primary sulfonamides is 1. The Bertz CT molecular complexity index is 5270. The Labute approximate surface area is 818 Å². The molecule has 0 bridgehead atoms. The van der Waals surface area contributed by atoms with E-state index in [1.807, 2.05) is 182 Å². The Hall–Kier alpha value is -11.0. The van der Waals surface area contributed by atoms with Crippen LogP contribution >= 0.6 is 31.9 Å². The third-order valence-electron chi connectivity index (χ3n) is 24.2. The van der Waals surface area contributed by atoms with Gasteiger partial charge in [0.2, 0.25) is 10.0 Å². The minimum atomic E-state index is -3.64. The smallest absolute Gasteiger partial charge is 0.407 e. The van der Waals surface area contributed by atoms with Crippen LogP contribution in [0.1, 0.15) is 156 Å². The maximum Gasteiger partial charge on any atom is 0.407 e. The van der Waals surface area contributed by atoms with Crippen LogP contribution in [0.15, 0.2) is 196 Å². The molecule has 0 radical (unpaired) electrons. The number of carbonyl (C=O) groups excluding carboxylic acids is 3. The number of benzene rings is 9. The van der Waals surface area contributed by atoms with Gasteiger partial charge in [-0.15, -0.1) is 0 Å². The molecule has 6 fully saturated rings. The number of nitrogens with two attached hydrogens (primary N) is 2. The van der Waals surface area contributed by atoms with E-state index in [9.17, 15) is 32.7 Å². The van der Waals surface area contributed by atoms with Crippen LogP contribution in [0.2, 0.25) is 0 Å². The second kappa shape index (κ2) is 55.3. The standard InChI is InChI=1S/C22H28N2O3.C21H26N2O3.C13H19NO.C12H18N2O.C10H11BrO2.C10H15N3O2S.C10H20N2O2.C7H7BrO/c1-15-13-16(2)19(14-18(15)22(25)27-4)23-17-9-11-24(12-10-17)20-7-5-6-8-21(20)26-3;1-14-12-15(2)18(13-17(14)21(24)25)22-16-8-10-23(11-9-16)19-6-4-5-7-20(19)26-3;1-11-7-9-14(10-8-11)12-5-3-4-6-13(12)15-2;1-15-12-5-3-2-4-11(12)14-8-6-10(13)7-9-14;1-6-4-7(2)9(11)5-8(6)10(12)13-3;11-16(14,15)10-4-2-1-3-9(10)13-7-5-12-6-8-13;1-10(2,3)14-9(13)12-8-4-6-11-7-5-8;1-9-7-5-3-2-4-6(7)8/h5-8,13-14,17,23H,9-12H2,1-4H3;4-7,12-13,16,22H,8-11H2,1-3H3,(H,24,25);3-6,11H,7-10H2,1-2H3;2-5,10H,6-9,13H2,1H3;4-5H,1-3H3;1-4,12H,5-8H2,(H2,11,14,15);8,11H,4-7H2,1-3H3,(H,12,13);2-5H,1H3. The minimum absolute atomic E-state index is 0.205. The van der Waals surface area contributed by atoms with Gasteiger partial charge in [-0.1, -0.05) is 114 Å². The largest absolute Gasteiger partial charge is 0.496 e. The minimum Gasteiger partial charge on any atom is -0.496 e. The number of para-hydroxylation sites is 10. The topological polar surface area (TPSA) is 325 Å². The number of halogens is 2. The molecule has 27 nitrogen and oxygen atoms in total. The van der Waals surface area contributed by atoms with Crippen LogP contribution in [-0.2, 0) is 24.2 Å². The first kappa shape index (κ1) is 109. The van der Waals surface area contributed by atoms with E-state index in [0.29, 0.717) is 40.5 Å². The fraction of sp³-hybridized carbons (Fsp3) is 0.448. The SMILES string of the molecule is CC(C)(C)OC(=O)NC1CCNCC1.COC(=O)c1cc(Br)c(C)cc1C.COC(=O)c1cc(NC2CCN(c3ccccc3OC)CC2)c(C)cc1C.COc1ccccc1Br.COc1ccccc1N1CCC(C)CC1.COc1ccccc1N1CCC(N)CC1.COc1ccccc1N1CCC(Nc2cc(C(=O)O)c(C)cc2C)CC1.NS(=O)(=O)c1ccccc1N1CCNCC1. The number of carboxylic acids is 1. The number of sulfonamides is 1. The number of esters is 2. The number of carbonyl (C=O) groups is 4. The van der Waals surface area contributed by atoms with Gasteiger partial charge in [0.05, 0.1) is 99.4 Å². The average molecular weight is 2010 g/mol. The maximum atomic E-state index is 12.0. The van der Waals surface area contributed by atoms with Gasteiger partial charge < -0.3 is 99.8 Å². The molecule has 0 unspecified atom stereocenters. The number of nitrogens with one attached hydrogen (secondary N) is 5. The van der Waals surface area contributed by atoms with Crippen LogP contribution in [-0.4, -0.2) is 209 Å². The zero-order valence-corrected chi connectivity index (χ0v) is 85.9. The molecule has 6 aliphatic rings. The molecule has 0 saturated carbocycles. The van der Waals surface area contributed by atoms with Crippen LogP contribution in [0.5, 0.6) is 28.7 Å². The molecular weight excluding hydrogens is 1860 g/mol. The zero-order chi connectivity index (χ0) is 98.3. The first-order valence-corrected chi connectivity index (χ1v) is 49.5. The summed E-state index contributed by atoms with van der Waals surface area (Å²) < 4.78 is 66.2. The molecule has 9 aromatic carbocycles. The number of piperazine rings is 1. The number of carboxylic acid groups (broad SMARTS) is 1. The second-order valence-corrected chi connectivity index (χ2v) is 38.5. The Morgan fingerprint density at radius 1 is 0.400 bits per heavy atom. The van der Waals surface area contributed by atoms with Gasteiger partial charge in [-0.25, -0.2) is 32.7 Å². The van der Waals surface area contributed by atoms with E-state index >= 15 is 0 Å². The summed E-state index contributed by atoms with van der Waals surface area (Å²) in [5.74, 6) is 4.05. The molecule has 0 atom stereocenters. The number of aryl methyl sites for hydroxylation is 6. The number of methoxy groups -OCH3 is 7. The fourth-order valence-corrected chi connectivity index (χ4v) is 18.1. The van der Waals surface area contributed by atoms with E-state index in [2.05, 4.69) is 127 Å². The van der Waals surface area contributed by atoms with Crippen molar-refractivity contribution in [1.82, 2.24) is 16.0 Å². The molecule has 0 aliphatic carbocycles. The molecule has 30 heteroatoms. The molecule has 1 amide bonds. The molecular formula is C105H144Br2N12O15S. The second-order valence-electron chi connectivity index (χ2n) is 35.2. The van der Waals surface area contributed by atoms with Gasteiger partial charge >= 0.3 is 24.0 Å². The number of amides is 1. The number of hydrogen-bond acceptors (Lipinski definition) is 24. The van der Waals surface area contributed by atoms with Gasteiger partial charge in [0.1, 0.15) is 39.2 Å². The van der Waals surface area contributed by atoms with Crippen LogP contribution in [0.3, 0.4) is 0 Å². The highest BCUT2D eigenvalue weighted by Gasteiger charge is 2.28. The summed E-state index contributed by atoms with van der Waals surface area (Å²) >= 11 is 6.70. The molecule has 0 aromatic heterocycles. The normalized spacial score (nSPS) is 15.4. The van der Waals surface area contributed by atoms with Crippen LogP contribution in [0.4, 0.5) is 44.6 Å². The molecule has 0 spiro atoms. The predicted molar refractivity (Wildman–Crippen MR) is 554 cm³/mol. The lowest BCUT2D eigenvalue weighted by Crippen LogP contribution is -2.44. The van der Waals surface area contributed by atoms with E-state index in [-0.39, 0.29) is 29.0 Å². The fourth-order valence-electron chi connectivity index (χ4n) is 16.6. The number of aromatic carboxylic acids is 1. The molecule has 6 heterocycles. The molecule has 734 valence electrons. The van der Waals surface area contributed by atoms with Crippen molar-refractivity contribution in [1.29, 1.82) is 0 Å². The van der Waals surface area contributed by atoms with Gasteiger partial charge in [-0.3, -0.25) is 0 Å². The van der Waals surface area contributed by atoms with Crippen molar-refractivity contribution in [3.63, 3.8) is 0 Å². The van der Waals surface area contributed by atoms with Gasteiger partial charge in [-0.2, -0.15) is 0 Å². The summed E-state index contributed by atoms with van der Waals surface area (Å²) in [6, 6.07) is 60.1. The van der Waals surface area contributed by atoms with Gasteiger partial charge in [-0.05, 0) is 286 Å². The Morgan fingerprint density at radius 2 is 0.733 bits per heavy atom. The number of ether oxygens (including phenoxy) is 8. The summed E-state index contributed by atoms with van der Waals surface area (Å²) in [6.45, 7) is 33.1. The van der Waals surface area contributed by atoms with Crippen molar-refractivity contribution < 1.29 is 70.6 Å². The van der Waals surface area contributed by atoms with Gasteiger partial charge in [0.15, 0.2) is 0 Å². The van der Waals surface area contributed by atoms with Crippen molar-refractivity contribution in [2.24, 2.45) is 16.8 Å². The molecule has 9 aromatic rings. The third kappa shape index (κ3) is 34.6. The Kier molecular flexibility index (Phi) is 44.8. The molecule has 6 aliphatic heterocycles. The van der Waals surface area contributed by atoms with E-state index in [1.165, 1.54) is 38.4 Å². The summed E-state index contributed by atoms with van der Waals surface area (Å²) in [5.41, 5.74) is 20.4. The molecule has 15 rings (SSSR count). The van der Waals surface area contributed by atoms with Crippen molar-refractivity contribution in [2.75, 3.05) is 177 Å². The van der Waals surface area contributed by atoms with E-state index in [1.54, 1.807) is 65.9 Å². The quantitative estimate of drug-likeness (QED) is 0.0275. The predicted octanol–water partition coefficient (Wildman–Crippen LogP) is 19.1. The number of rotatable bonds is 19. The van der Waals surface area contributed by atoms with Crippen LogP contribution in [0, 0.1) is 47.5 Å². The van der Waals surface area contributed by atoms with Crippen molar-refractivity contribution >= 4 is 106 Å². The maximum absolute atomic E-state index is 12.0. The lowest BCUT2D eigenvalue weighted by molar-refractivity contribution is 0.0493. The van der Waals surface area contributed by atoms with Gasteiger partial charge in [0, 0.05) is 119 Å². The summed E-state index contributed by atoms with van der Waals surface area (Å²) in [4.78, 5) is 57.7. The van der Waals surface area contributed by atoms with E-state index < -0.39 is 21.6 Å². The van der Waals surface area contributed by atoms with Crippen LogP contribution < -0.4 is 85.6 Å². The van der Waals surface area contributed by atoms with Crippen molar-refractivity contribution in [2.45, 2.75) is 168 Å². The number of alkyl carbamates (subject to hydrolysis) is 1. The molecule has 135 heavy (non-hydrogen) atoms. The van der Waals surface area contributed by atoms with Crippen molar-refractivity contribution in [3.8, 4) is 28.7 Å². The third-order valence-corrected chi connectivity index (χ3v) is 26.6. The van der Waals surface area contributed by atoms with Gasteiger partial charge in [0.25, 0.3) is 0 Å². The Balaban J connectivity index is 0.000000194. The summed E-state index contributed by atoms with van der Waals surface area (Å²) in [7, 11) is 7.69. The number of anilines is 7. The van der Waals surface area contributed by atoms with Crippen LogP contribution in [0.25, 0.3) is 0 Å². The highest BCUT2D eigenvalue weighted by molar-refractivity contribution is 9.10. The summed E-state index contributed by atoms with van der Waals surface area (Å²) in [6.07, 6.45) is 10.4. The number of piperidine rings is 5. The summed E-state index contributed by atoms with van der Waals surface area (Å²) in [5, 5.41) is 31.1. The molecule has 10 N–H and O–H groups in total. The Morgan fingerprint density at radius 3 is 1.11 bits per heavy atom. The highest BCUT2D eigenvalue weighted by Crippen LogP contribution is 2.37. The zero-order valence-electron chi connectivity index (χ0n) is 81.9. The number of nitrogens with zero attached hydrogens (tertiary/aromatic N) is 5. The monoisotopic (exact) mass is 2000 g/mol. The lowest BCUT2D eigenvalue weighted by Gasteiger charge is -2.35. The average Bonchev–Trinajstić information content (AvgIpc) is 0.799. The number of hydrogen-bond donors (Lipinski definition) is 8. The lowest BCUT2D eigenvalue weighted by atomic mass is 9.99. The molecule has 6 saturated heterocycles. The van der Waals surface area contributed by atoms with E-state index in [0.717, 1.165) is 243 Å². The van der Waals surface area contributed by atoms with E-state index in [4.69, 9.17) is 44.0 Å².